The average Bonchev–Trinajstić information content (AvgIpc) is 2.84. The van der Waals surface area contributed by atoms with E-state index in [1.165, 1.54) is 17.5 Å². The highest BCUT2D eigenvalue weighted by atomic mass is 79.9. The van der Waals surface area contributed by atoms with Crippen molar-refractivity contribution in [3.8, 4) is 0 Å². The van der Waals surface area contributed by atoms with E-state index in [4.69, 9.17) is 0 Å². The lowest BCUT2D eigenvalue weighted by atomic mass is 10.2. The topological polar surface area (TPSA) is 50.9 Å². The van der Waals surface area contributed by atoms with Crippen LogP contribution in [0.4, 0.5) is 8.78 Å². The Morgan fingerprint density at radius 3 is 2.59 bits per heavy atom. The molecule has 0 aromatic carbocycles. The van der Waals surface area contributed by atoms with Crippen molar-refractivity contribution < 1.29 is 13.9 Å². The molecule has 1 N–H and O–H groups in total. The number of alkyl halides is 2. The molecule has 0 radical (unpaired) electrons. The number of thiazole rings is 1. The highest BCUT2D eigenvalue weighted by Crippen LogP contribution is 2.35. The first kappa shape index (κ1) is 13.1. The molecular formula is C8H5Br2F2N3OS. The lowest BCUT2D eigenvalue weighted by Gasteiger charge is -2.05. The van der Waals surface area contributed by atoms with Gasteiger partial charge in [0.05, 0.1) is 11.1 Å². The summed E-state index contributed by atoms with van der Waals surface area (Å²) in [5.41, 5.74) is 0.294. The summed E-state index contributed by atoms with van der Waals surface area (Å²) in [7, 11) is 0. The summed E-state index contributed by atoms with van der Waals surface area (Å²) < 4.78 is 26.2. The maximum Gasteiger partial charge on any atom is 0.333 e. The Morgan fingerprint density at radius 1 is 1.41 bits per heavy atom. The van der Waals surface area contributed by atoms with Crippen molar-refractivity contribution in [2.75, 3.05) is 0 Å². The van der Waals surface area contributed by atoms with E-state index in [9.17, 15) is 13.9 Å². The molecule has 1 unspecified atom stereocenters. The molecule has 92 valence electrons. The second-order valence-corrected chi connectivity index (χ2v) is 6.11. The van der Waals surface area contributed by atoms with E-state index in [0.29, 0.717) is 23.6 Å². The van der Waals surface area contributed by atoms with Crippen LogP contribution in [0.5, 0.6) is 0 Å². The number of nitrogens with zero attached hydrogens (tertiary/aromatic N) is 3. The van der Waals surface area contributed by atoms with Gasteiger partial charge in [0, 0.05) is 11.8 Å². The van der Waals surface area contributed by atoms with Crippen molar-refractivity contribution in [3.05, 3.63) is 31.4 Å². The van der Waals surface area contributed by atoms with Crippen LogP contribution in [-0.4, -0.2) is 19.9 Å². The van der Waals surface area contributed by atoms with E-state index < -0.39 is 12.7 Å². The number of aliphatic hydroxyl groups is 1. The van der Waals surface area contributed by atoms with Gasteiger partial charge in [0.15, 0.2) is 3.92 Å². The van der Waals surface area contributed by atoms with Crippen LogP contribution >= 0.6 is 43.2 Å². The molecule has 0 aliphatic heterocycles. The molecular weight excluding hydrogens is 384 g/mol. The molecule has 2 heterocycles. The Kier molecular flexibility index (Phi) is 3.91. The smallest absolute Gasteiger partial charge is 0.333 e. The van der Waals surface area contributed by atoms with Crippen LogP contribution in [0.3, 0.4) is 0 Å². The highest BCUT2D eigenvalue weighted by Gasteiger charge is 2.20. The number of hydrogen-bond acceptors (Lipinski definition) is 4. The number of hydrogen-bond donors (Lipinski definition) is 1. The third-order valence-electron chi connectivity index (χ3n) is 1.97. The maximum atomic E-state index is 12.3. The fourth-order valence-corrected chi connectivity index (χ4v) is 3.60. The van der Waals surface area contributed by atoms with E-state index >= 15 is 0 Å². The Labute approximate surface area is 116 Å². The van der Waals surface area contributed by atoms with Gasteiger partial charge >= 0.3 is 6.55 Å². The predicted molar refractivity (Wildman–Crippen MR) is 65.1 cm³/mol. The molecule has 9 heteroatoms. The van der Waals surface area contributed by atoms with Crippen LogP contribution < -0.4 is 0 Å². The van der Waals surface area contributed by atoms with Crippen LogP contribution in [-0.2, 0) is 0 Å². The van der Waals surface area contributed by atoms with Gasteiger partial charge in [-0.15, -0.1) is 11.3 Å². The third kappa shape index (κ3) is 2.72. The van der Waals surface area contributed by atoms with Crippen molar-refractivity contribution in [3.63, 3.8) is 0 Å². The first-order chi connectivity index (χ1) is 7.99. The minimum Gasteiger partial charge on any atom is -0.383 e. The zero-order valence-electron chi connectivity index (χ0n) is 8.02. The first-order valence-electron chi connectivity index (χ1n) is 4.31. The van der Waals surface area contributed by atoms with Gasteiger partial charge in [-0.25, -0.2) is 9.67 Å². The number of halogens is 4. The molecule has 0 aliphatic carbocycles. The molecule has 0 saturated heterocycles. The van der Waals surface area contributed by atoms with Crippen molar-refractivity contribution in [1.82, 2.24) is 14.8 Å². The number of aliphatic hydroxyl groups excluding tert-OH is 1. The molecule has 2 rings (SSSR count). The van der Waals surface area contributed by atoms with Crippen LogP contribution in [0.1, 0.15) is 23.1 Å². The van der Waals surface area contributed by atoms with Gasteiger partial charge in [0.1, 0.15) is 10.7 Å². The van der Waals surface area contributed by atoms with Gasteiger partial charge in [0.2, 0.25) is 0 Å². The molecule has 1 atom stereocenters. The first-order valence-corrected chi connectivity index (χ1v) is 6.71. The average molecular weight is 389 g/mol. The van der Waals surface area contributed by atoms with E-state index in [1.807, 2.05) is 0 Å². The highest BCUT2D eigenvalue weighted by molar-refractivity contribution is 9.11. The number of aromatic nitrogens is 3. The SMILES string of the molecule is OC(c1cnn(C(F)F)c1)c1sc(Br)nc1Br. The Bertz CT molecular complexity index is 531. The molecule has 0 bridgehead atoms. The van der Waals surface area contributed by atoms with Gasteiger partial charge in [-0.05, 0) is 31.9 Å². The maximum absolute atomic E-state index is 12.3. The van der Waals surface area contributed by atoms with E-state index in [-0.39, 0.29) is 0 Å². The Hall–Kier alpha value is -0.380. The van der Waals surface area contributed by atoms with E-state index in [1.54, 1.807) is 0 Å². The quantitative estimate of drug-likeness (QED) is 0.877. The summed E-state index contributed by atoms with van der Waals surface area (Å²) in [5, 5.41) is 13.5. The molecule has 0 saturated carbocycles. The van der Waals surface area contributed by atoms with Gasteiger partial charge in [-0.2, -0.15) is 13.9 Å². The molecule has 0 spiro atoms. The Morgan fingerprint density at radius 2 is 2.12 bits per heavy atom. The summed E-state index contributed by atoms with van der Waals surface area (Å²) >= 11 is 7.58. The van der Waals surface area contributed by atoms with Gasteiger partial charge in [0.25, 0.3) is 0 Å². The summed E-state index contributed by atoms with van der Waals surface area (Å²) in [6.45, 7) is -2.72. The zero-order valence-corrected chi connectivity index (χ0v) is 12.0. The molecule has 2 aromatic rings. The summed E-state index contributed by atoms with van der Waals surface area (Å²) in [6, 6.07) is 0. The lowest BCUT2D eigenvalue weighted by Crippen LogP contribution is -1.99. The fourth-order valence-electron chi connectivity index (χ4n) is 1.21. The van der Waals surface area contributed by atoms with Gasteiger partial charge in [-0.3, -0.25) is 0 Å². The van der Waals surface area contributed by atoms with Crippen molar-refractivity contribution in [1.29, 1.82) is 0 Å². The van der Waals surface area contributed by atoms with Crippen molar-refractivity contribution in [2.45, 2.75) is 12.7 Å². The van der Waals surface area contributed by atoms with Crippen LogP contribution in [0.25, 0.3) is 0 Å². The fraction of sp³-hybridized carbons (Fsp3) is 0.250. The monoisotopic (exact) mass is 387 g/mol. The second-order valence-electron chi connectivity index (χ2n) is 3.06. The molecule has 4 nitrogen and oxygen atoms in total. The minimum atomic E-state index is -2.72. The van der Waals surface area contributed by atoms with Crippen LogP contribution in [0.15, 0.2) is 20.9 Å². The molecule has 0 fully saturated rings. The zero-order chi connectivity index (χ0) is 12.6. The van der Waals surface area contributed by atoms with E-state index in [0.717, 1.165) is 6.20 Å². The molecule has 0 aliphatic rings. The van der Waals surface area contributed by atoms with Crippen molar-refractivity contribution >= 4 is 43.2 Å². The summed E-state index contributed by atoms with van der Waals surface area (Å²) in [5.74, 6) is 0. The van der Waals surface area contributed by atoms with Crippen LogP contribution in [0, 0.1) is 0 Å². The minimum absolute atomic E-state index is 0.294. The molecule has 0 amide bonds. The lowest BCUT2D eigenvalue weighted by molar-refractivity contribution is 0.0563. The predicted octanol–water partition coefficient (Wildman–Crippen LogP) is 3.34. The second kappa shape index (κ2) is 5.09. The number of rotatable bonds is 3. The van der Waals surface area contributed by atoms with Gasteiger partial charge < -0.3 is 5.11 Å². The Balaban J connectivity index is 2.30. The van der Waals surface area contributed by atoms with Crippen LogP contribution in [0.2, 0.25) is 0 Å². The molecule has 2 aromatic heterocycles. The van der Waals surface area contributed by atoms with Crippen molar-refractivity contribution in [2.24, 2.45) is 0 Å². The summed E-state index contributed by atoms with van der Waals surface area (Å²) in [6.07, 6.45) is 1.28. The van der Waals surface area contributed by atoms with Gasteiger partial charge in [-0.1, -0.05) is 0 Å². The molecule has 17 heavy (non-hydrogen) atoms. The third-order valence-corrected chi connectivity index (χ3v) is 4.40. The standard InChI is InChI=1S/C8H5Br2F2N3OS/c9-6-5(17-7(10)14-6)4(16)3-1-13-15(2-3)8(11)12/h1-2,4,8,16H. The summed E-state index contributed by atoms with van der Waals surface area (Å²) in [4.78, 5) is 4.55. The van der Waals surface area contributed by atoms with E-state index in [2.05, 4.69) is 41.9 Å². The largest absolute Gasteiger partial charge is 0.383 e. The normalized spacial score (nSPS) is 13.3.